The van der Waals surface area contributed by atoms with Crippen LogP contribution in [0.5, 0.6) is 0 Å². The number of aromatic nitrogens is 5. The van der Waals surface area contributed by atoms with Crippen LogP contribution in [0.3, 0.4) is 0 Å². The molecule has 13 nitrogen and oxygen atoms in total. The Morgan fingerprint density at radius 2 is 1.86 bits per heavy atom. The molecule has 3 aromatic heterocycles. The van der Waals surface area contributed by atoms with E-state index in [1.54, 1.807) is 16.2 Å². The predicted molar refractivity (Wildman–Crippen MR) is 213 cm³/mol. The molecule has 5 aromatic rings. The third-order valence-corrected chi connectivity index (χ3v) is 12.5. The fourth-order valence-corrected chi connectivity index (χ4v) is 9.36. The van der Waals surface area contributed by atoms with E-state index in [0.29, 0.717) is 29.5 Å². The van der Waals surface area contributed by atoms with Gasteiger partial charge in [-0.25, -0.2) is 0 Å². The Balaban J connectivity index is 0.814. The molecule has 3 amide bonds. The summed E-state index contributed by atoms with van der Waals surface area (Å²) in [5.74, 6) is 8.03. The Labute approximate surface area is 332 Å². The molecule has 2 atom stereocenters. The van der Waals surface area contributed by atoms with Crippen molar-refractivity contribution in [3.05, 3.63) is 110 Å². The van der Waals surface area contributed by atoms with E-state index in [1.165, 1.54) is 0 Å². The Morgan fingerprint density at radius 1 is 1.04 bits per heavy atom. The summed E-state index contributed by atoms with van der Waals surface area (Å²) in [6.07, 6.45) is 4.41. The van der Waals surface area contributed by atoms with Crippen LogP contribution in [0.2, 0.25) is 5.02 Å². The number of thiophene rings is 1. The van der Waals surface area contributed by atoms with Gasteiger partial charge in [-0.05, 0) is 57.0 Å². The molecule has 284 valence electrons. The van der Waals surface area contributed by atoms with Gasteiger partial charge >= 0.3 is 0 Å². The molecule has 0 saturated carbocycles. The Kier molecular flexibility index (Phi) is 9.31. The van der Waals surface area contributed by atoms with E-state index < -0.39 is 11.9 Å². The number of rotatable bonds is 8. The van der Waals surface area contributed by atoms with Crippen LogP contribution in [-0.2, 0) is 22.7 Å². The fourth-order valence-electron chi connectivity index (χ4n) is 8.01. The summed E-state index contributed by atoms with van der Waals surface area (Å²) in [5.41, 5.74) is 7.28. The Hall–Kier alpha value is -5.62. The molecule has 1 unspecified atom stereocenters. The van der Waals surface area contributed by atoms with Gasteiger partial charge in [-0.1, -0.05) is 41.6 Å². The van der Waals surface area contributed by atoms with Crippen molar-refractivity contribution in [1.29, 1.82) is 0 Å². The molecule has 2 fully saturated rings. The summed E-state index contributed by atoms with van der Waals surface area (Å²) in [4.78, 5) is 47.4. The number of benzene rings is 2. The quantitative estimate of drug-likeness (QED) is 0.167. The first-order valence-electron chi connectivity index (χ1n) is 18.8. The van der Waals surface area contributed by atoms with E-state index in [2.05, 4.69) is 54.2 Å². The number of hydrogen-bond acceptors (Lipinski definition) is 10. The number of halogens is 1. The molecular formula is C41H39ClN10O3S. The maximum Gasteiger partial charge on any atom is 0.255 e. The number of nitrogens with one attached hydrogen (secondary N) is 2. The molecule has 0 bridgehead atoms. The van der Waals surface area contributed by atoms with Crippen molar-refractivity contribution in [2.75, 3.05) is 31.5 Å². The second-order valence-corrected chi connectivity index (χ2v) is 16.3. The van der Waals surface area contributed by atoms with Gasteiger partial charge in [0.05, 0.1) is 28.9 Å². The minimum absolute atomic E-state index is 0.161. The lowest BCUT2D eigenvalue weighted by molar-refractivity contribution is -0.136. The molecule has 0 spiro atoms. The SMILES string of the molecule is Cc1c(C#Cc2cnn(CCN3CC(CNc4cccc5c4CN(C4CCC(=O)NC4=O)C5=O)C3)c2)sc2c1C(c1ccc(Cl)cc1)=N[C@@H](C)c1nnc(C)n1-2. The lowest BCUT2D eigenvalue weighted by atomic mass is 9.99. The number of carbonyl (C=O) groups is 3. The number of imide groups is 1. The van der Waals surface area contributed by atoms with Gasteiger partial charge in [0.15, 0.2) is 5.82 Å². The van der Waals surface area contributed by atoms with Gasteiger partial charge in [0.25, 0.3) is 5.91 Å². The smallest absolute Gasteiger partial charge is 0.255 e. The first-order valence-corrected chi connectivity index (χ1v) is 20.0. The third kappa shape index (κ3) is 6.59. The van der Waals surface area contributed by atoms with Gasteiger partial charge in [-0.3, -0.25) is 33.9 Å². The minimum atomic E-state index is -0.623. The number of hydrogen-bond donors (Lipinski definition) is 2. The first kappa shape index (κ1) is 36.0. The minimum Gasteiger partial charge on any atom is -0.384 e. The third-order valence-electron chi connectivity index (χ3n) is 11.0. The van der Waals surface area contributed by atoms with Crippen molar-refractivity contribution in [2.24, 2.45) is 10.9 Å². The highest BCUT2D eigenvalue weighted by molar-refractivity contribution is 7.15. The van der Waals surface area contributed by atoms with Crippen molar-refractivity contribution in [3.8, 4) is 16.8 Å². The molecule has 2 N–H and O–H groups in total. The number of nitrogens with zero attached hydrogens (tertiary/aromatic N) is 8. The van der Waals surface area contributed by atoms with Gasteiger partial charge in [-0.2, -0.15) is 5.10 Å². The number of aryl methyl sites for hydroxylation is 1. The topological polar surface area (TPSA) is 143 Å². The van der Waals surface area contributed by atoms with Gasteiger partial charge in [0, 0.05) is 84.2 Å². The van der Waals surface area contributed by atoms with Crippen molar-refractivity contribution in [1.82, 2.24) is 39.7 Å². The average Bonchev–Trinajstić information content (AvgIpc) is 3.93. The van der Waals surface area contributed by atoms with Gasteiger partial charge in [0.2, 0.25) is 11.8 Å². The average molecular weight is 787 g/mol. The van der Waals surface area contributed by atoms with Crippen molar-refractivity contribution < 1.29 is 14.4 Å². The maximum absolute atomic E-state index is 13.2. The summed E-state index contributed by atoms with van der Waals surface area (Å²) in [6.45, 7) is 10.8. The highest BCUT2D eigenvalue weighted by Crippen LogP contribution is 2.39. The fraction of sp³-hybridized carbons (Fsp3) is 0.341. The van der Waals surface area contributed by atoms with Crippen LogP contribution in [0, 0.1) is 31.6 Å². The molecule has 0 aliphatic carbocycles. The molecular weight excluding hydrogens is 748 g/mol. The van der Waals surface area contributed by atoms with Gasteiger partial charge in [-0.15, -0.1) is 21.5 Å². The number of fused-ring (bicyclic) bond motifs is 4. The number of aliphatic imine (C=N–C) groups is 1. The molecule has 0 radical (unpaired) electrons. The van der Waals surface area contributed by atoms with Crippen molar-refractivity contribution in [2.45, 2.75) is 58.8 Å². The van der Waals surface area contributed by atoms with Crippen LogP contribution in [-0.4, -0.2) is 90.0 Å². The van der Waals surface area contributed by atoms with Crippen molar-refractivity contribution in [3.63, 3.8) is 0 Å². The molecule has 7 heterocycles. The van der Waals surface area contributed by atoms with Crippen molar-refractivity contribution >= 4 is 52.1 Å². The second-order valence-electron chi connectivity index (χ2n) is 14.8. The summed E-state index contributed by atoms with van der Waals surface area (Å²) < 4.78 is 4.06. The van der Waals surface area contributed by atoms with Crippen LogP contribution in [0.15, 0.2) is 59.9 Å². The predicted octanol–water partition coefficient (Wildman–Crippen LogP) is 4.91. The summed E-state index contributed by atoms with van der Waals surface area (Å²) in [6, 6.07) is 12.7. The largest absolute Gasteiger partial charge is 0.384 e. The van der Waals surface area contributed by atoms with Gasteiger partial charge < -0.3 is 15.1 Å². The van der Waals surface area contributed by atoms with Crippen LogP contribution >= 0.6 is 22.9 Å². The molecule has 2 saturated heterocycles. The van der Waals surface area contributed by atoms with E-state index >= 15 is 0 Å². The maximum atomic E-state index is 13.2. The lowest BCUT2D eigenvalue weighted by Crippen LogP contribution is -2.52. The summed E-state index contributed by atoms with van der Waals surface area (Å²) in [5, 5.41) is 21.1. The highest BCUT2D eigenvalue weighted by Gasteiger charge is 2.40. The van der Waals surface area contributed by atoms with E-state index in [9.17, 15) is 14.4 Å². The zero-order chi connectivity index (χ0) is 38.7. The van der Waals surface area contributed by atoms with E-state index in [1.807, 2.05) is 73.4 Å². The molecule has 4 aliphatic heterocycles. The van der Waals surface area contributed by atoms with E-state index in [-0.39, 0.29) is 24.3 Å². The molecule has 56 heavy (non-hydrogen) atoms. The van der Waals surface area contributed by atoms with E-state index in [4.69, 9.17) is 16.6 Å². The molecule has 9 rings (SSSR count). The zero-order valence-corrected chi connectivity index (χ0v) is 32.7. The van der Waals surface area contributed by atoms with Gasteiger partial charge in [0.1, 0.15) is 22.9 Å². The number of carbonyl (C=O) groups excluding carboxylic acids is 3. The standard InChI is InChI=1S/C41H39ClN10O3S/c1-23-34(56-41-36(23)37(28-8-10-29(42)11-9-28)45-24(2)38-48-47-25(3)52(38)41)13-7-26-18-44-50(21-26)16-15-49-19-27(20-49)17-43-32-6-4-5-30-31(32)22-51(40(30)55)33-12-14-35(53)46-39(33)54/h4-6,8-11,18,21,24,27,33,43H,12,14-17,19-20,22H2,1-3H3,(H,46,53,54)/t24-,33?/m0/s1. The second kappa shape index (κ2) is 14.5. The molecule has 15 heteroatoms. The zero-order valence-electron chi connectivity index (χ0n) is 31.2. The number of amides is 3. The highest BCUT2D eigenvalue weighted by atomic mass is 35.5. The summed E-state index contributed by atoms with van der Waals surface area (Å²) in [7, 11) is 0. The van der Waals surface area contributed by atoms with Crippen LogP contribution in [0.25, 0.3) is 5.00 Å². The molecule has 4 aliphatic rings. The normalized spacial score (nSPS) is 19.3. The van der Waals surface area contributed by atoms with Crippen LogP contribution in [0.1, 0.15) is 80.5 Å². The van der Waals surface area contributed by atoms with Crippen LogP contribution in [0.4, 0.5) is 5.69 Å². The summed E-state index contributed by atoms with van der Waals surface area (Å²) >= 11 is 7.87. The Bertz CT molecular complexity index is 2500. The lowest BCUT2D eigenvalue weighted by Gasteiger charge is -2.39. The van der Waals surface area contributed by atoms with E-state index in [0.717, 1.165) is 93.5 Å². The molecule has 2 aromatic carbocycles. The monoisotopic (exact) mass is 786 g/mol. The first-order chi connectivity index (χ1) is 27.1. The number of anilines is 1. The number of piperidine rings is 1. The Morgan fingerprint density at radius 3 is 2.66 bits per heavy atom. The van der Waals surface area contributed by atoms with Crippen LogP contribution < -0.4 is 10.6 Å². The number of likely N-dealkylation sites (tertiary alicyclic amines) is 1.